The summed E-state index contributed by atoms with van der Waals surface area (Å²) in [5.41, 5.74) is 8.63. The van der Waals surface area contributed by atoms with Gasteiger partial charge in [-0.05, 0) is 42.8 Å². The van der Waals surface area contributed by atoms with Gasteiger partial charge < -0.3 is 10.3 Å². The molecule has 0 spiro atoms. The molecular weight excluding hydrogens is 264 g/mol. The number of rotatable bonds is 1. The SMILES string of the molecule is NCC1CCCc2cc3ccc(Br)cc3n21. The largest absolute Gasteiger partial charge is 0.340 e. The third-order valence-corrected chi connectivity index (χ3v) is 3.98. The molecule has 2 aromatic rings. The molecule has 1 atom stereocenters. The predicted molar refractivity (Wildman–Crippen MR) is 70.7 cm³/mol. The van der Waals surface area contributed by atoms with Crippen LogP contribution in [0.4, 0.5) is 0 Å². The highest BCUT2D eigenvalue weighted by Crippen LogP contribution is 2.32. The van der Waals surface area contributed by atoms with Crippen LogP contribution in [0.3, 0.4) is 0 Å². The van der Waals surface area contributed by atoms with E-state index in [4.69, 9.17) is 5.73 Å². The molecule has 0 amide bonds. The zero-order chi connectivity index (χ0) is 11.1. The van der Waals surface area contributed by atoms with E-state index in [1.807, 2.05) is 0 Å². The Labute approximate surface area is 104 Å². The monoisotopic (exact) mass is 278 g/mol. The zero-order valence-electron chi connectivity index (χ0n) is 9.12. The minimum Gasteiger partial charge on any atom is -0.340 e. The van der Waals surface area contributed by atoms with Crippen molar-refractivity contribution in [3.63, 3.8) is 0 Å². The molecule has 2 heterocycles. The van der Waals surface area contributed by atoms with Crippen LogP contribution in [0.5, 0.6) is 0 Å². The Morgan fingerprint density at radius 1 is 1.38 bits per heavy atom. The van der Waals surface area contributed by atoms with E-state index >= 15 is 0 Å². The molecule has 1 aliphatic rings. The van der Waals surface area contributed by atoms with Crippen molar-refractivity contribution in [3.05, 3.63) is 34.4 Å². The van der Waals surface area contributed by atoms with Gasteiger partial charge in [0.15, 0.2) is 0 Å². The molecule has 84 valence electrons. The van der Waals surface area contributed by atoms with Crippen LogP contribution >= 0.6 is 15.9 Å². The molecule has 1 aromatic carbocycles. The van der Waals surface area contributed by atoms with Gasteiger partial charge in [-0.3, -0.25) is 0 Å². The van der Waals surface area contributed by atoms with Crippen LogP contribution in [0.2, 0.25) is 0 Å². The number of aryl methyl sites for hydroxylation is 1. The van der Waals surface area contributed by atoms with Crippen molar-refractivity contribution < 1.29 is 0 Å². The lowest BCUT2D eigenvalue weighted by Crippen LogP contribution is -2.24. The van der Waals surface area contributed by atoms with E-state index in [-0.39, 0.29) is 0 Å². The molecule has 0 fully saturated rings. The maximum Gasteiger partial charge on any atom is 0.0496 e. The van der Waals surface area contributed by atoms with E-state index in [0.717, 1.165) is 11.0 Å². The maximum absolute atomic E-state index is 5.87. The Balaban J connectivity index is 2.27. The van der Waals surface area contributed by atoms with E-state index in [9.17, 15) is 0 Å². The van der Waals surface area contributed by atoms with Gasteiger partial charge in [-0.2, -0.15) is 0 Å². The van der Waals surface area contributed by atoms with Gasteiger partial charge in [0.2, 0.25) is 0 Å². The van der Waals surface area contributed by atoms with Crippen LogP contribution in [-0.2, 0) is 6.42 Å². The average Bonchev–Trinajstić information content (AvgIpc) is 2.66. The second kappa shape index (κ2) is 3.90. The molecule has 3 rings (SSSR count). The van der Waals surface area contributed by atoms with E-state index in [0.29, 0.717) is 6.04 Å². The Hall–Kier alpha value is -0.800. The fraction of sp³-hybridized carbons (Fsp3) is 0.385. The minimum atomic E-state index is 0.482. The lowest BCUT2D eigenvalue weighted by atomic mass is 10.0. The minimum absolute atomic E-state index is 0.482. The van der Waals surface area contributed by atoms with Crippen LogP contribution in [-0.4, -0.2) is 11.1 Å². The molecule has 0 radical (unpaired) electrons. The van der Waals surface area contributed by atoms with Crippen molar-refractivity contribution in [1.82, 2.24) is 4.57 Å². The van der Waals surface area contributed by atoms with Gasteiger partial charge in [-0.1, -0.05) is 22.0 Å². The lowest BCUT2D eigenvalue weighted by molar-refractivity contribution is 0.421. The molecule has 3 heteroatoms. The van der Waals surface area contributed by atoms with Gasteiger partial charge in [0.05, 0.1) is 0 Å². The number of hydrogen-bond acceptors (Lipinski definition) is 1. The third-order valence-electron chi connectivity index (χ3n) is 3.49. The van der Waals surface area contributed by atoms with Crippen LogP contribution in [0.1, 0.15) is 24.6 Å². The molecule has 0 saturated heterocycles. The van der Waals surface area contributed by atoms with E-state index in [2.05, 4.69) is 44.8 Å². The Morgan fingerprint density at radius 2 is 2.25 bits per heavy atom. The molecule has 1 aromatic heterocycles. The quantitative estimate of drug-likeness (QED) is 0.853. The van der Waals surface area contributed by atoms with Crippen molar-refractivity contribution >= 4 is 26.8 Å². The summed E-state index contributed by atoms with van der Waals surface area (Å²) in [5, 5.41) is 1.33. The molecule has 0 bridgehead atoms. The molecule has 2 nitrogen and oxygen atoms in total. The van der Waals surface area contributed by atoms with Gasteiger partial charge in [0, 0.05) is 28.3 Å². The van der Waals surface area contributed by atoms with Gasteiger partial charge in [-0.15, -0.1) is 0 Å². The number of hydrogen-bond donors (Lipinski definition) is 1. The summed E-state index contributed by atoms with van der Waals surface area (Å²) in [6.07, 6.45) is 3.65. The first-order valence-electron chi connectivity index (χ1n) is 5.79. The first kappa shape index (κ1) is 10.4. The fourth-order valence-electron chi connectivity index (χ4n) is 2.75. The van der Waals surface area contributed by atoms with Gasteiger partial charge in [0.1, 0.15) is 0 Å². The van der Waals surface area contributed by atoms with Crippen molar-refractivity contribution in [2.75, 3.05) is 6.54 Å². The van der Waals surface area contributed by atoms with E-state index < -0.39 is 0 Å². The number of fused-ring (bicyclic) bond motifs is 3. The summed E-state index contributed by atoms with van der Waals surface area (Å²) in [4.78, 5) is 0. The Kier molecular flexibility index (Phi) is 2.52. The highest BCUT2D eigenvalue weighted by atomic mass is 79.9. The number of nitrogens with zero attached hydrogens (tertiary/aromatic N) is 1. The molecule has 0 aliphatic carbocycles. The lowest BCUT2D eigenvalue weighted by Gasteiger charge is -2.26. The summed E-state index contributed by atoms with van der Waals surface area (Å²) in [6, 6.07) is 9.27. The fourth-order valence-corrected chi connectivity index (χ4v) is 3.10. The first-order valence-corrected chi connectivity index (χ1v) is 6.58. The van der Waals surface area contributed by atoms with Crippen molar-refractivity contribution in [3.8, 4) is 0 Å². The highest BCUT2D eigenvalue weighted by molar-refractivity contribution is 9.10. The van der Waals surface area contributed by atoms with Crippen LogP contribution in [0, 0.1) is 0 Å². The Bertz CT molecular complexity index is 530. The Morgan fingerprint density at radius 3 is 3.06 bits per heavy atom. The zero-order valence-corrected chi connectivity index (χ0v) is 10.7. The van der Waals surface area contributed by atoms with Gasteiger partial charge in [0.25, 0.3) is 0 Å². The highest BCUT2D eigenvalue weighted by Gasteiger charge is 2.20. The normalized spacial score (nSPS) is 20.0. The van der Waals surface area contributed by atoms with E-state index in [1.165, 1.54) is 35.9 Å². The van der Waals surface area contributed by atoms with Crippen molar-refractivity contribution in [2.24, 2.45) is 5.73 Å². The first-order chi connectivity index (χ1) is 7.79. The van der Waals surface area contributed by atoms with Crippen molar-refractivity contribution in [1.29, 1.82) is 0 Å². The topological polar surface area (TPSA) is 30.9 Å². The van der Waals surface area contributed by atoms with Crippen molar-refractivity contribution in [2.45, 2.75) is 25.3 Å². The maximum atomic E-state index is 5.87. The van der Waals surface area contributed by atoms with E-state index in [1.54, 1.807) is 0 Å². The summed E-state index contributed by atoms with van der Waals surface area (Å²) in [5.74, 6) is 0. The van der Waals surface area contributed by atoms with Gasteiger partial charge in [-0.25, -0.2) is 0 Å². The standard InChI is InChI=1S/C13H15BrN2/c14-10-5-4-9-6-11-2-1-3-12(8-15)16(11)13(9)7-10/h4-7,12H,1-3,8,15H2. The summed E-state index contributed by atoms with van der Waals surface area (Å²) in [6.45, 7) is 0.739. The van der Waals surface area contributed by atoms with Crippen LogP contribution in [0.15, 0.2) is 28.7 Å². The third kappa shape index (κ3) is 1.50. The number of nitrogens with two attached hydrogens (primary N) is 1. The molecule has 1 unspecified atom stereocenters. The number of aromatic nitrogens is 1. The molecular formula is C13H15BrN2. The summed E-state index contributed by atoms with van der Waals surface area (Å²) < 4.78 is 3.58. The number of benzene rings is 1. The molecule has 1 aliphatic heterocycles. The second-order valence-electron chi connectivity index (χ2n) is 4.49. The molecule has 2 N–H and O–H groups in total. The summed E-state index contributed by atoms with van der Waals surface area (Å²) >= 11 is 3.54. The second-order valence-corrected chi connectivity index (χ2v) is 5.41. The van der Waals surface area contributed by atoms with Crippen LogP contribution < -0.4 is 5.73 Å². The van der Waals surface area contributed by atoms with Crippen LogP contribution in [0.25, 0.3) is 10.9 Å². The summed E-state index contributed by atoms with van der Waals surface area (Å²) in [7, 11) is 0. The average molecular weight is 279 g/mol. The molecule has 16 heavy (non-hydrogen) atoms. The molecule has 0 saturated carbocycles. The smallest absolute Gasteiger partial charge is 0.0496 e. The predicted octanol–water partition coefficient (Wildman–Crippen LogP) is 3.24. The van der Waals surface area contributed by atoms with Gasteiger partial charge >= 0.3 is 0 Å². The number of halogens is 1.